The molecule has 102 valence electrons. The lowest BCUT2D eigenvalue weighted by Gasteiger charge is -2.13. The Bertz CT molecular complexity index is 532. The van der Waals surface area contributed by atoms with E-state index in [-0.39, 0.29) is 18.1 Å². The first kappa shape index (κ1) is 12.9. The monoisotopic (exact) mass is 325 g/mol. The fourth-order valence-electron chi connectivity index (χ4n) is 2.89. The van der Waals surface area contributed by atoms with Crippen molar-refractivity contribution in [2.75, 3.05) is 6.54 Å². The zero-order chi connectivity index (χ0) is 13.6. The Hall–Kier alpha value is -1.07. The van der Waals surface area contributed by atoms with Crippen molar-refractivity contribution in [2.24, 2.45) is 5.92 Å². The molecule has 2 aliphatic heterocycles. The number of rotatable bonds is 2. The number of hydrogen-bond acceptors (Lipinski definition) is 3. The van der Waals surface area contributed by atoms with E-state index in [9.17, 15) is 4.79 Å². The SMILES string of the molecule is CC1Cc2cc(C3CC(C(=O)O)CN3)cc(Br)c2O1. The number of aliphatic carboxylic acids is 1. The summed E-state index contributed by atoms with van der Waals surface area (Å²) in [7, 11) is 0. The van der Waals surface area contributed by atoms with Crippen LogP contribution in [0.4, 0.5) is 0 Å². The Labute approximate surface area is 120 Å². The van der Waals surface area contributed by atoms with E-state index < -0.39 is 5.97 Å². The Morgan fingerprint density at radius 2 is 2.32 bits per heavy atom. The zero-order valence-corrected chi connectivity index (χ0v) is 12.2. The van der Waals surface area contributed by atoms with Gasteiger partial charge in [-0.1, -0.05) is 6.07 Å². The first-order valence-electron chi connectivity index (χ1n) is 6.49. The summed E-state index contributed by atoms with van der Waals surface area (Å²) in [6, 6.07) is 4.31. The predicted octanol–water partition coefficient (Wildman–Crippen LogP) is 2.51. The minimum atomic E-state index is -0.716. The van der Waals surface area contributed by atoms with Crippen molar-refractivity contribution in [3.05, 3.63) is 27.7 Å². The van der Waals surface area contributed by atoms with Crippen LogP contribution in [0.25, 0.3) is 0 Å². The van der Waals surface area contributed by atoms with Crippen molar-refractivity contribution in [3.8, 4) is 5.75 Å². The second kappa shape index (κ2) is 4.80. The van der Waals surface area contributed by atoms with Crippen LogP contribution in [0.2, 0.25) is 0 Å². The summed E-state index contributed by atoms with van der Waals surface area (Å²) in [4.78, 5) is 11.0. The van der Waals surface area contributed by atoms with Gasteiger partial charge in [0.1, 0.15) is 11.9 Å². The second-order valence-electron chi connectivity index (χ2n) is 5.36. The Balaban J connectivity index is 1.86. The van der Waals surface area contributed by atoms with Gasteiger partial charge in [-0.15, -0.1) is 0 Å². The van der Waals surface area contributed by atoms with Crippen LogP contribution in [0.15, 0.2) is 16.6 Å². The van der Waals surface area contributed by atoms with E-state index in [1.54, 1.807) is 0 Å². The zero-order valence-electron chi connectivity index (χ0n) is 10.6. The third kappa shape index (κ3) is 2.37. The number of benzene rings is 1. The van der Waals surface area contributed by atoms with Crippen LogP contribution in [-0.4, -0.2) is 23.7 Å². The Kier molecular flexibility index (Phi) is 3.27. The lowest BCUT2D eigenvalue weighted by atomic mass is 9.97. The van der Waals surface area contributed by atoms with E-state index in [0.717, 1.165) is 22.2 Å². The fraction of sp³-hybridized carbons (Fsp3) is 0.500. The molecule has 0 radical (unpaired) electrons. The molecular formula is C14H16BrNO3. The Morgan fingerprint density at radius 1 is 1.53 bits per heavy atom. The standard InChI is InChI=1S/C14H16BrNO3/c1-7-2-9-3-8(4-11(15)13(9)19-7)12-5-10(6-16-12)14(17)18/h3-4,7,10,12,16H,2,5-6H2,1H3,(H,17,18). The van der Waals surface area contributed by atoms with Crippen LogP contribution in [0.5, 0.6) is 5.75 Å². The van der Waals surface area contributed by atoms with Gasteiger partial charge in [0.25, 0.3) is 0 Å². The van der Waals surface area contributed by atoms with E-state index in [2.05, 4.69) is 34.2 Å². The van der Waals surface area contributed by atoms with Crippen molar-refractivity contribution >= 4 is 21.9 Å². The highest BCUT2D eigenvalue weighted by Crippen LogP contribution is 2.40. The van der Waals surface area contributed by atoms with Gasteiger partial charge in [0.05, 0.1) is 10.4 Å². The summed E-state index contributed by atoms with van der Waals surface area (Å²) in [6.45, 7) is 2.60. The van der Waals surface area contributed by atoms with Gasteiger partial charge in [-0.25, -0.2) is 0 Å². The molecule has 2 N–H and O–H groups in total. The van der Waals surface area contributed by atoms with E-state index in [1.807, 2.05) is 6.07 Å². The molecule has 1 saturated heterocycles. The number of nitrogens with one attached hydrogen (secondary N) is 1. The van der Waals surface area contributed by atoms with Crippen molar-refractivity contribution in [1.29, 1.82) is 0 Å². The van der Waals surface area contributed by atoms with E-state index >= 15 is 0 Å². The van der Waals surface area contributed by atoms with Gasteiger partial charge >= 0.3 is 5.97 Å². The van der Waals surface area contributed by atoms with Crippen LogP contribution in [-0.2, 0) is 11.2 Å². The number of hydrogen-bond donors (Lipinski definition) is 2. The molecule has 1 aromatic rings. The summed E-state index contributed by atoms with van der Waals surface area (Å²) < 4.78 is 6.72. The summed E-state index contributed by atoms with van der Waals surface area (Å²) in [6.07, 6.45) is 1.78. The van der Waals surface area contributed by atoms with Crippen molar-refractivity contribution in [3.63, 3.8) is 0 Å². The number of carboxylic acid groups (broad SMARTS) is 1. The molecule has 3 rings (SSSR count). The van der Waals surface area contributed by atoms with Crippen LogP contribution >= 0.6 is 15.9 Å². The molecule has 0 spiro atoms. The van der Waals surface area contributed by atoms with Gasteiger partial charge in [-0.2, -0.15) is 0 Å². The summed E-state index contributed by atoms with van der Waals surface area (Å²) in [5.74, 6) is -0.0663. The number of ether oxygens (including phenoxy) is 1. The fourth-order valence-corrected chi connectivity index (χ4v) is 3.50. The van der Waals surface area contributed by atoms with Gasteiger partial charge < -0.3 is 15.2 Å². The number of halogens is 1. The van der Waals surface area contributed by atoms with Crippen molar-refractivity contribution in [2.45, 2.75) is 31.9 Å². The van der Waals surface area contributed by atoms with Gasteiger partial charge in [0.2, 0.25) is 0 Å². The topological polar surface area (TPSA) is 58.6 Å². The molecule has 3 unspecified atom stereocenters. The molecule has 3 atom stereocenters. The summed E-state index contributed by atoms with van der Waals surface area (Å²) in [5, 5.41) is 12.3. The lowest BCUT2D eigenvalue weighted by molar-refractivity contribution is -0.141. The van der Waals surface area contributed by atoms with Gasteiger partial charge in [0.15, 0.2) is 0 Å². The summed E-state index contributed by atoms with van der Waals surface area (Å²) in [5.41, 5.74) is 2.35. The van der Waals surface area contributed by atoms with Gasteiger partial charge in [0, 0.05) is 19.0 Å². The molecule has 1 fully saturated rings. The molecule has 19 heavy (non-hydrogen) atoms. The van der Waals surface area contributed by atoms with E-state index in [0.29, 0.717) is 13.0 Å². The van der Waals surface area contributed by atoms with Gasteiger partial charge in [-0.05, 0) is 46.5 Å². The molecule has 2 aliphatic rings. The third-order valence-electron chi connectivity index (χ3n) is 3.85. The minimum Gasteiger partial charge on any atom is -0.489 e. The third-order valence-corrected chi connectivity index (χ3v) is 4.44. The van der Waals surface area contributed by atoms with E-state index in [1.165, 1.54) is 5.56 Å². The Morgan fingerprint density at radius 3 is 3.00 bits per heavy atom. The smallest absolute Gasteiger partial charge is 0.307 e. The highest BCUT2D eigenvalue weighted by molar-refractivity contribution is 9.10. The molecule has 1 aromatic carbocycles. The van der Waals surface area contributed by atoms with Crippen LogP contribution in [0, 0.1) is 5.92 Å². The van der Waals surface area contributed by atoms with Crippen LogP contribution < -0.4 is 10.1 Å². The molecule has 0 aliphatic carbocycles. The number of fused-ring (bicyclic) bond motifs is 1. The molecule has 0 bridgehead atoms. The molecule has 4 nitrogen and oxygen atoms in total. The summed E-state index contributed by atoms with van der Waals surface area (Å²) >= 11 is 3.55. The molecule has 5 heteroatoms. The molecule has 2 heterocycles. The first-order valence-corrected chi connectivity index (χ1v) is 7.29. The maximum absolute atomic E-state index is 11.0. The largest absolute Gasteiger partial charge is 0.489 e. The normalized spacial score (nSPS) is 29.1. The van der Waals surface area contributed by atoms with Crippen molar-refractivity contribution in [1.82, 2.24) is 5.32 Å². The molecule has 0 saturated carbocycles. The quantitative estimate of drug-likeness (QED) is 0.877. The minimum absolute atomic E-state index is 0.124. The second-order valence-corrected chi connectivity index (χ2v) is 6.21. The van der Waals surface area contributed by atoms with Crippen LogP contribution in [0.3, 0.4) is 0 Å². The highest BCUT2D eigenvalue weighted by atomic mass is 79.9. The molecule has 0 amide bonds. The highest BCUT2D eigenvalue weighted by Gasteiger charge is 2.31. The maximum atomic E-state index is 11.0. The predicted molar refractivity (Wildman–Crippen MR) is 74.4 cm³/mol. The van der Waals surface area contributed by atoms with Crippen molar-refractivity contribution < 1.29 is 14.6 Å². The maximum Gasteiger partial charge on any atom is 0.307 e. The van der Waals surface area contributed by atoms with E-state index in [4.69, 9.17) is 9.84 Å². The van der Waals surface area contributed by atoms with Gasteiger partial charge in [-0.3, -0.25) is 4.79 Å². The average Bonchev–Trinajstić information content (AvgIpc) is 2.94. The molecular weight excluding hydrogens is 310 g/mol. The van der Waals surface area contributed by atoms with Crippen LogP contribution in [0.1, 0.15) is 30.5 Å². The number of carbonyl (C=O) groups is 1. The average molecular weight is 326 g/mol. The molecule has 0 aromatic heterocycles. The number of carboxylic acids is 1. The lowest BCUT2D eigenvalue weighted by Crippen LogP contribution is -2.17. The first-order chi connectivity index (χ1) is 9.04.